The van der Waals surface area contributed by atoms with E-state index in [1.165, 1.54) is 5.57 Å². The van der Waals surface area contributed by atoms with Crippen LogP contribution in [0.2, 0.25) is 0 Å². The minimum atomic E-state index is -0.212. The van der Waals surface area contributed by atoms with Crippen LogP contribution in [0.4, 0.5) is 0 Å². The number of rotatable bonds is 1. The Morgan fingerprint density at radius 3 is 2.75 bits per heavy atom. The molecule has 0 amide bonds. The highest BCUT2D eigenvalue weighted by Crippen LogP contribution is 2.58. The summed E-state index contributed by atoms with van der Waals surface area (Å²) >= 11 is 0. The van der Waals surface area contributed by atoms with Crippen molar-refractivity contribution in [3.05, 3.63) is 23.8 Å². The van der Waals surface area contributed by atoms with Crippen molar-refractivity contribution in [2.75, 3.05) is 0 Å². The topological polar surface area (TPSA) is 21.8 Å². The zero-order valence-electron chi connectivity index (χ0n) is 10.5. The highest BCUT2D eigenvalue weighted by molar-refractivity contribution is 5.39. The molecule has 1 saturated heterocycles. The Morgan fingerprint density at radius 2 is 2.12 bits per heavy atom. The van der Waals surface area contributed by atoms with E-state index in [1.807, 2.05) is 6.92 Å². The molecule has 88 valence electrons. The van der Waals surface area contributed by atoms with Gasteiger partial charge in [-0.25, -0.2) is 0 Å². The second kappa shape index (κ2) is 2.80. The summed E-state index contributed by atoms with van der Waals surface area (Å²) in [7, 11) is 0. The average molecular weight is 220 g/mol. The van der Waals surface area contributed by atoms with Crippen molar-refractivity contribution >= 4 is 0 Å². The molecule has 2 heteroatoms. The lowest BCUT2D eigenvalue weighted by Crippen LogP contribution is -2.45. The number of hydrogen-bond donors (Lipinski definition) is 0. The standard InChI is InChI=1S/C14H20O2/c1-8(2)9-6-11-13(3,4)7-10-12(15-10)14(11,5)16-9/h6,9-10,12H,1,7H2,2-5H3/t9-,10-,12-,14+/m1/s1. The van der Waals surface area contributed by atoms with Gasteiger partial charge in [-0.1, -0.05) is 20.4 Å². The maximum atomic E-state index is 6.19. The third-order valence-corrected chi connectivity index (χ3v) is 4.28. The molecule has 2 aliphatic heterocycles. The number of fused-ring (bicyclic) bond motifs is 3. The molecule has 0 N–H and O–H groups in total. The van der Waals surface area contributed by atoms with Crippen LogP contribution in [0.3, 0.4) is 0 Å². The van der Waals surface area contributed by atoms with Crippen LogP contribution in [0.1, 0.15) is 34.1 Å². The van der Waals surface area contributed by atoms with E-state index < -0.39 is 0 Å². The highest BCUT2D eigenvalue weighted by Gasteiger charge is 2.65. The fraction of sp³-hybridized carbons (Fsp3) is 0.714. The minimum absolute atomic E-state index is 0.0715. The van der Waals surface area contributed by atoms with Gasteiger partial charge in [0.05, 0.1) is 12.2 Å². The van der Waals surface area contributed by atoms with Crippen LogP contribution in [0, 0.1) is 5.41 Å². The molecule has 0 aromatic rings. The summed E-state index contributed by atoms with van der Waals surface area (Å²) in [5, 5.41) is 0. The molecule has 1 aliphatic carbocycles. The van der Waals surface area contributed by atoms with E-state index in [0.29, 0.717) is 6.10 Å². The largest absolute Gasteiger partial charge is 0.366 e. The molecule has 2 fully saturated rings. The fourth-order valence-corrected chi connectivity index (χ4v) is 3.43. The molecule has 16 heavy (non-hydrogen) atoms. The Morgan fingerprint density at radius 1 is 1.44 bits per heavy atom. The first-order valence-electron chi connectivity index (χ1n) is 6.06. The first kappa shape index (κ1) is 10.5. The summed E-state index contributed by atoms with van der Waals surface area (Å²) in [4.78, 5) is 0. The highest BCUT2D eigenvalue weighted by atomic mass is 16.6. The number of epoxide rings is 1. The molecule has 4 atom stereocenters. The van der Waals surface area contributed by atoms with E-state index in [1.54, 1.807) is 0 Å². The third kappa shape index (κ3) is 1.20. The summed E-state index contributed by atoms with van der Waals surface area (Å²) in [5.74, 6) is 0. The predicted molar refractivity (Wildman–Crippen MR) is 63.2 cm³/mol. The van der Waals surface area contributed by atoms with E-state index >= 15 is 0 Å². The summed E-state index contributed by atoms with van der Waals surface area (Å²) in [6.07, 6.45) is 4.13. The smallest absolute Gasteiger partial charge is 0.117 e. The van der Waals surface area contributed by atoms with Crippen LogP contribution >= 0.6 is 0 Å². The van der Waals surface area contributed by atoms with E-state index in [2.05, 4.69) is 33.4 Å². The predicted octanol–water partition coefficient (Wildman–Crippen LogP) is 2.84. The monoisotopic (exact) mass is 220 g/mol. The van der Waals surface area contributed by atoms with E-state index in [4.69, 9.17) is 9.47 Å². The van der Waals surface area contributed by atoms with Crippen LogP contribution in [-0.4, -0.2) is 23.9 Å². The molecule has 3 aliphatic rings. The quantitative estimate of drug-likeness (QED) is 0.500. The van der Waals surface area contributed by atoms with Crippen LogP contribution < -0.4 is 0 Å². The van der Waals surface area contributed by atoms with Gasteiger partial charge in [-0.2, -0.15) is 0 Å². The third-order valence-electron chi connectivity index (χ3n) is 4.28. The molecular formula is C14H20O2. The van der Waals surface area contributed by atoms with Gasteiger partial charge in [-0.15, -0.1) is 0 Å². The molecule has 1 saturated carbocycles. The lowest BCUT2D eigenvalue weighted by atomic mass is 9.67. The Hall–Kier alpha value is -0.600. The van der Waals surface area contributed by atoms with Gasteiger partial charge in [-0.3, -0.25) is 0 Å². The number of hydrogen-bond acceptors (Lipinski definition) is 2. The van der Waals surface area contributed by atoms with Crippen molar-refractivity contribution in [3.8, 4) is 0 Å². The summed E-state index contributed by atoms with van der Waals surface area (Å²) in [5.41, 5.74) is 2.47. The van der Waals surface area contributed by atoms with E-state index in [9.17, 15) is 0 Å². The molecule has 0 aromatic carbocycles. The molecule has 0 bridgehead atoms. The second-order valence-corrected chi connectivity index (χ2v) is 6.26. The summed E-state index contributed by atoms with van der Waals surface area (Å²) < 4.78 is 11.9. The molecule has 0 spiro atoms. The van der Waals surface area contributed by atoms with Crippen molar-refractivity contribution < 1.29 is 9.47 Å². The molecule has 0 aromatic heterocycles. The fourth-order valence-electron chi connectivity index (χ4n) is 3.43. The minimum Gasteiger partial charge on any atom is -0.366 e. The van der Waals surface area contributed by atoms with E-state index in [0.717, 1.165) is 12.0 Å². The first-order valence-corrected chi connectivity index (χ1v) is 6.06. The molecule has 3 rings (SSSR count). The number of ether oxygens (including phenoxy) is 2. The van der Waals surface area contributed by atoms with Gasteiger partial charge in [0, 0.05) is 0 Å². The Labute approximate surface area is 97.3 Å². The van der Waals surface area contributed by atoms with Gasteiger partial charge in [0.15, 0.2) is 0 Å². The molecule has 2 nitrogen and oxygen atoms in total. The van der Waals surface area contributed by atoms with Crippen molar-refractivity contribution in [3.63, 3.8) is 0 Å². The van der Waals surface area contributed by atoms with Gasteiger partial charge in [-0.05, 0) is 42.9 Å². The summed E-state index contributed by atoms with van der Waals surface area (Å²) in [6, 6.07) is 0. The lowest BCUT2D eigenvalue weighted by molar-refractivity contribution is -0.0318. The van der Waals surface area contributed by atoms with Crippen LogP contribution in [0.5, 0.6) is 0 Å². The Kier molecular flexibility index (Phi) is 1.84. The zero-order chi connectivity index (χ0) is 11.7. The molecule has 2 heterocycles. The first-order chi connectivity index (χ1) is 7.34. The van der Waals surface area contributed by atoms with Gasteiger partial charge >= 0.3 is 0 Å². The van der Waals surface area contributed by atoms with Gasteiger partial charge in [0.2, 0.25) is 0 Å². The SMILES string of the molecule is C=C(C)[C@H]1C=C2C(C)(C)C[C@H]3O[C@H]3[C@@]2(C)O1. The van der Waals surface area contributed by atoms with Crippen molar-refractivity contribution in [1.82, 2.24) is 0 Å². The van der Waals surface area contributed by atoms with Gasteiger partial charge in [0.25, 0.3) is 0 Å². The van der Waals surface area contributed by atoms with Crippen LogP contribution in [-0.2, 0) is 9.47 Å². The normalized spacial score (nSPS) is 48.0. The maximum absolute atomic E-state index is 6.19. The lowest BCUT2D eigenvalue weighted by Gasteiger charge is -2.39. The van der Waals surface area contributed by atoms with Crippen molar-refractivity contribution in [2.24, 2.45) is 5.41 Å². The second-order valence-electron chi connectivity index (χ2n) is 6.26. The Bertz CT molecular complexity index is 394. The van der Waals surface area contributed by atoms with Crippen LogP contribution in [0.25, 0.3) is 0 Å². The van der Waals surface area contributed by atoms with Crippen molar-refractivity contribution in [2.45, 2.75) is 58.0 Å². The molecular weight excluding hydrogens is 200 g/mol. The zero-order valence-corrected chi connectivity index (χ0v) is 10.5. The van der Waals surface area contributed by atoms with Crippen LogP contribution in [0.15, 0.2) is 23.8 Å². The van der Waals surface area contributed by atoms with E-state index in [-0.39, 0.29) is 23.2 Å². The summed E-state index contributed by atoms with van der Waals surface area (Å²) in [6.45, 7) is 12.8. The maximum Gasteiger partial charge on any atom is 0.117 e. The average Bonchev–Trinajstić information content (AvgIpc) is 2.79. The van der Waals surface area contributed by atoms with Gasteiger partial charge < -0.3 is 9.47 Å². The molecule has 0 radical (unpaired) electrons. The van der Waals surface area contributed by atoms with Crippen molar-refractivity contribution in [1.29, 1.82) is 0 Å². The molecule has 0 unspecified atom stereocenters. The Balaban J connectivity index is 2.03. The van der Waals surface area contributed by atoms with Gasteiger partial charge in [0.1, 0.15) is 11.7 Å².